The van der Waals surface area contributed by atoms with Crippen LogP contribution in [0.4, 0.5) is 0 Å². The van der Waals surface area contributed by atoms with Crippen LogP contribution in [0, 0.1) is 18.3 Å². The molecule has 3 fully saturated rings. The zero-order valence-corrected chi connectivity index (χ0v) is 7.65. The molecule has 0 amide bonds. The first-order valence-corrected chi connectivity index (χ1v) is 4.81. The fourth-order valence-corrected chi connectivity index (χ4v) is 2.27. The predicted octanol–water partition coefficient (Wildman–Crippen LogP) is 0.0488. The van der Waals surface area contributed by atoms with Crippen molar-refractivity contribution in [3.05, 3.63) is 0 Å². The molecule has 3 aliphatic heterocycles. The van der Waals surface area contributed by atoms with Crippen molar-refractivity contribution in [2.45, 2.75) is 25.2 Å². The largest absolute Gasteiger partial charge is 0.358 e. The summed E-state index contributed by atoms with van der Waals surface area (Å²) in [5.74, 6) is 2.79. The maximum absolute atomic E-state index is 9.16. The van der Waals surface area contributed by atoms with Gasteiger partial charge in [-0.1, -0.05) is 0 Å². The molecule has 3 heterocycles. The molecule has 72 valence electrons. The molecular formula is C10H15NO2. The molecule has 13 heavy (non-hydrogen) atoms. The summed E-state index contributed by atoms with van der Waals surface area (Å²) < 4.78 is 5.35. The highest BCUT2D eigenvalue weighted by Crippen LogP contribution is 2.29. The van der Waals surface area contributed by atoms with Crippen molar-refractivity contribution < 1.29 is 9.84 Å². The molecule has 0 saturated carbocycles. The Morgan fingerprint density at radius 3 is 2.62 bits per heavy atom. The van der Waals surface area contributed by atoms with Crippen molar-refractivity contribution in [3.63, 3.8) is 0 Å². The topological polar surface area (TPSA) is 32.7 Å². The Morgan fingerprint density at radius 1 is 1.46 bits per heavy atom. The van der Waals surface area contributed by atoms with Gasteiger partial charge in [-0.05, 0) is 37.8 Å². The molecule has 2 atom stereocenters. The van der Waals surface area contributed by atoms with Crippen LogP contribution in [-0.2, 0) is 4.74 Å². The second-order valence-electron chi connectivity index (χ2n) is 3.83. The summed E-state index contributed by atoms with van der Waals surface area (Å²) in [6, 6.07) is 0. The molecule has 3 nitrogen and oxygen atoms in total. The van der Waals surface area contributed by atoms with E-state index in [4.69, 9.17) is 16.3 Å². The Morgan fingerprint density at radius 2 is 2.15 bits per heavy atom. The highest BCUT2D eigenvalue weighted by molar-refractivity contribution is 4.92. The van der Waals surface area contributed by atoms with Crippen LogP contribution < -0.4 is 0 Å². The lowest BCUT2D eigenvalue weighted by Crippen LogP contribution is -2.52. The van der Waals surface area contributed by atoms with Gasteiger partial charge in [0.1, 0.15) is 0 Å². The standard InChI is InChI=1S/C10H15NO2/c1-2-10(12)13-9-7-11-5-3-8(9)4-6-11/h1,8-10,12H,3-7H2. The number of rotatable bonds is 2. The van der Waals surface area contributed by atoms with Gasteiger partial charge in [-0.3, -0.25) is 0 Å². The van der Waals surface area contributed by atoms with Crippen LogP contribution in [-0.4, -0.2) is 42.0 Å². The van der Waals surface area contributed by atoms with Gasteiger partial charge in [-0.2, -0.15) is 0 Å². The van der Waals surface area contributed by atoms with Crippen molar-refractivity contribution in [2.75, 3.05) is 19.6 Å². The maximum atomic E-state index is 9.16. The summed E-state index contributed by atoms with van der Waals surface area (Å²) in [6.07, 6.45) is 6.54. The first-order valence-electron chi connectivity index (χ1n) is 4.81. The van der Waals surface area contributed by atoms with Gasteiger partial charge in [0, 0.05) is 6.54 Å². The highest BCUT2D eigenvalue weighted by Gasteiger charge is 2.35. The molecule has 0 aromatic rings. The monoisotopic (exact) mass is 181 g/mol. The Hall–Kier alpha value is -0.560. The van der Waals surface area contributed by atoms with E-state index in [9.17, 15) is 0 Å². The van der Waals surface area contributed by atoms with Gasteiger partial charge in [-0.15, -0.1) is 6.42 Å². The zero-order chi connectivity index (χ0) is 9.26. The predicted molar refractivity (Wildman–Crippen MR) is 48.9 cm³/mol. The van der Waals surface area contributed by atoms with E-state index in [-0.39, 0.29) is 6.10 Å². The molecule has 0 aromatic carbocycles. The maximum Gasteiger partial charge on any atom is 0.219 e. The summed E-state index contributed by atoms with van der Waals surface area (Å²) in [7, 11) is 0. The summed E-state index contributed by atoms with van der Waals surface area (Å²) in [5.41, 5.74) is 0. The fraction of sp³-hybridized carbons (Fsp3) is 0.800. The van der Waals surface area contributed by atoms with Gasteiger partial charge in [0.2, 0.25) is 6.29 Å². The molecule has 3 heteroatoms. The van der Waals surface area contributed by atoms with Crippen LogP contribution in [0.5, 0.6) is 0 Å². The minimum Gasteiger partial charge on any atom is -0.358 e. The van der Waals surface area contributed by atoms with Crippen LogP contribution >= 0.6 is 0 Å². The van der Waals surface area contributed by atoms with E-state index in [1.54, 1.807) is 0 Å². The van der Waals surface area contributed by atoms with Crippen molar-refractivity contribution in [3.8, 4) is 12.3 Å². The van der Waals surface area contributed by atoms with E-state index in [1.165, 1.54) is 25.9 Å². The number of hydrogen-bond donors (Lipinski definition) is 1. The Labute approximate surface area is 78.7 Å². The number of ether oxygens (including phenoxy) is 1. The first kappa shape index (κ1) is 9.01. The van der Waals surface area contributed by atoms with Gasteiger partial charge in [0.25, 0.3) is 0 Å². The van der Waals surface area contributed by atoms with Crippen LogP contribution in [0.1, 0.15) is 12.8 Å². The third-order valence-corrected chi connectivity index (χ3v) is 3.04. The third kappa shape index (κ3) is 1.86. The minimum atomic E-state index is -1.02. The molecule has 3 aliphatic rings. The molecular weight excluding hydrogens is 166 g/mol. The molecule has 0 spiro atoms. The lowest BCUT2D eigenvalue weighted by Gasteiger charge is -2.44. The molecule has 2 unspecified atom stereocenters. The van der Waals surface area contributed by atoms with E-state index in [2.05, 4.69) is 10.8 Å². The van der Waals surface area contributed by atoms with Crippen molar-refractivity contribution in [2.24, 2.45) is 5.92 Å². The third-order valence-electron chi connectivity index (χ3n) is 3.04. The normalized spacial score (nSPS) is 39.8. The number of terminal acetylenes is 1. The molecule has 2 bridgehead atoms. The van der Waals surface area contributed by atoms with E-state index in [1.807, 2.05) is 0 Å². The fourth-order valence-electron chi connectivity index (χ4n) is 2.27. The molecule has 0 aromatic heterocycles. The van der Waals surface area contributed by atoms with Gasteiger partial charge >= 0.3 is 0 Å². The molecule has 3 rings (SSSR count). The Balaban J connectivity index is 1.90. The number of nitrogens with zero attached hydrogens (tertiary/aromatic N) is 1. The summed E-state index contributed by atoms with van der Waals surface area (Å²) >= 11 is 0. The highest BCUT2D eigenvalue weighted by atomic mass is 16.6. The van der Waals surface area contributed by atoms with Crippen molar-refractivity contribution >= 4 is 0 Å². The summed E-state index contributed by atoms with van der Waals surface area (Å²) in [5, 5.41) is 9.16. The van der Waals surface area contributed by atoms with Gasteiger partial charge in [0.05, 0.1) is 6.10 Å². The second-order valence-corrected chi connectivity index (χ2v) is 3.83. The van der Waals surface area contributed by atoms with Crippen LogP contribution in [0.3, 0.4) is 0 Å². The summed E-state index contributed by atoms with van der Waals surface area (Å²) in [4.78, 5) is 2.37. The SMILES string of the molecule is C#CC(O)OC1CN2CCC1CC2. The molecule has 0 aliphatic carbocycles. The van der Waals surface area contributed by atoms with Crippen LogP contribution in [0.2, 0.25) is 0 Å². The zero-order valence-electron chi connectivity index (χ0n) is 7.65. The van der Waals surface area contributed by atoms with Crippen LogP contribution in [0.15, 0.2) is 0 Å². The number of aliphatic hydroxyl groups excluding tert-OH is 1. The van der Waals surface area contributed by atoms with Gasteiger partial charge < -0.3 is 14.7 Å². The number of hydrogen-bond acceptors (Lipinski definition) is 3. The van der Waals surface area contributed by atoms with Gasteiger partial charge in [0.15, 0.2) is 0 Å². The lowest BCUT2D eigenvalue weighted by molar-refractivity contribution is -0.151. The molecule has 0 radical (unpaired) electrons. The summed E-state index contributed by atoms with van der Waals surface area (Å²) in [6.45, 7) is 3.29. The average Bonchev–Trinajstić information content (AvgIpc) is 2.19. The van der Waals surface area contributed by atoms with E-state index >= 15 is 0 Å². The average molecular weight is 181 g/mol. The number of fused-ring (bicyclic) bond motifs is 3. The Bertz CT molecular complexity index is 215. The van der Waals surface area contributed by atoms with Crippen molar-refractivity contribution in [1.29, 1.82) is 0 Å². The smallest absolute Gasteiger partial charge is 0.219 e. The number of piperidine rings is 3. The lowest BCUT2D eigenvalue weighted by atomic mass is 9.86. The van der Waals surface area contributed by atoms with Crippen molar-refractivity contribution in [1.82, 2.24) is 4.90 Å². The second kappa shape index (κ2) is 3.67. The van der Waals surface area contributed by atoms with Crippen LogP contribution in [0.25, 0.3) is 0 Å². The molecule has 1 N–H and O–H groups in total. The minimum absolute atomic E-state index is 0.147. The first-order chi connectivity index (χ1) is 6.29. The Kier molecular flexibility index (Phi) is 2.54. The van der Waals surface area contributed by atoms with Gasteiger partial charge in [-0.25, -0.2) is 0 Å². The number of aliphatic hydroxyl groups is 1. The van der Waals surface area contributed by atoms with E-state index in [0.717, 1.165) is 6.54 Å². The quantitative estimate of drug-likeness (QED) is 0.482. The molecule has 3 saturated heterocycles. The van der Waals surface area contributed by atoms with E-state index in [0.29, 0.717) is 5.92 Å². The van der Waals surface area contributed by atoms with E-state index < -0.39 is 6.29 Å².